The minimum absolute atomic E-state index is 0.213. The summed E-state index contributed by atoms with van der Waals surface area (Å²) in [5.74, 6) is -0.125. The van der Waals surface area contributed by atoms with Crippen LogP contribution in [0.1, 0.15) is 25.3 Å². The number of rotatable bonds is 7. The molecular formula is C21H26N2O5. The number of ether oxygens (including phenoxy) is 2. The maximum absolute atomic E-state index is 12.6. The van der Waals surface area contributed by atoms with Gasteiger partial charge in [-0.1, -0.05) is 18.2 Å². The SMILES string of the molecule is CCOc1ccc(CN(C)C(=O)CN2C(=O)C3CC=CCC3C2=O)cc1OC. The van der Waals surface area contributed by atoms with Crippen molar-refractivity contribution in [3.63, 3.8) is 0 Å². The van der Waals surface area contributed by atoms with Crippen LogP contribution in [0.25, 0.3) is 0 Å². The smallest absolute Gasteiger partial charge is 0.242 e. The molecule has 1 aromatic rings. The summed E-state index contributed by atoms with van der Waals surface area (Å²) in [5.41, 5.74) is 0.869. The lowest BCUT2D eigenvalue weighted by Gasteiger charge is -2.21. The first-order chi connectivity index (χ1) is 13.5. The number of amides is 3. The Hall–Kier alpha value is -2.83. The summed E-state index contributed by atoms with van der Waals surface area (Å²) in [6.45, 7) is 2.55. The Morgan fingerprint density at radius 3 is 2.36 bits per heavy atom. The van der Waals surface area contributed by atoms with E-state index in [2.05, 4.69) is 0 Å². The number of nitrogens with zero attached hydrogens (tertiary/aromatic N) is 2. The van der Waals surface area contributed by atoms with Crippen molar-refractivity contribution in [2.24, 2.45) is 11.8 Å². The molecule has 7 heteroatoms. The van der Waals surface area contributed by atoms with Gasteiger partial charge in [0, 0.05) is 13.6 Å². The molecule has 1 saturated heterocycles. The number of likely N-dealkylation sites (tertiary alicyclic amines) is 1. The van der Waals surface area contributed by atoms with Gasteiger partial charge < -0.3 is 14.4 Å². The van der Waals surface area contributed by atoms with E-state index >= 15 is 0 Å². The van der Waals surface area contributed by atoms with Crippen molar-refractivity contribution in [3.8, 4) is 11.5 Å². The molecule has 7 nitrogen and oxygen atoms in total. The van der Waals surface area contributed by atoms with E-state index in [0.717, 1.165) is 10.5 Å². The van der Waals surface area contributed by atoms with Crippen LogP contribution in [0, 0.1) is 11.8 Å². The fourth-order valence-electron chi connectivity index (χ4n) is 3.73. The highest BCUT2D eigenvalue weighted by Crippen LogP contribution is 2.35. The number of carbonyl (C=O) groups excluding carboxylic acids is 3. The first-order valence-corrected chi connectivity index (χ1v) is 9.50. The highest BCUT2D eigenvalue weighted by molar-refractivity contribution is 6.07. The van der Waals surface area contributed by atoms with Crippen LogP contribution in [0.15, 0.2) is 30.4 Å². The number of benzene rings is 1. The molecule has 0 spiro atoms. The zero-order valence-electron chi connectivity index (χ0n) is 16.5. The first kappa shape index (κ1) is 19.9. The molecule has 1 heterocycles. The summed E-state index contributed by atoms with van der Waals surface area (Å²) in [6.07, 6.45) is 5.01. The molecule has 150 valence electrons. The van der Waals surface area contributed by atoms with E-state index in [9.17, 15) is 14.4 Å². The highest BCUT2D eigenvalue weighted by atomic mass is 16.5. The second kappa shape index (κ2) is 8.46. The number of hydrogen-bond donors (Lipinski definition) is 0. The Balaban J connectivity index is 1.64. The molecule has 0 saturated carbocycles. The third-order valence-corrected chi connectivity index (χ3v) is 5.27. The molecule has 1 aromatic carbocycles. The van der Waals surface area contributed by atoms with Crippen molar-refractivity contribution in [1.29, 1.82) is 0 Å². The van der Waals surface area contributed by atoms with Gasteiger partial charge in [0.25, 0.3) is 0 Å². The van der Waals surface area contributed by atoms with Gasteiger partial charge in [0.2, 0.25) is 17.7 Å². The van der Waals surface area contributed by atoms with E-state index < -0.39 is 0 Å². The molecule has 3 amide bonds. The Morgan fingerprint density at radius 2 is 1.79 bits per heavy atom. The number of methoxy groups -OCH3 is 1. The lowest BCUT2D eigenvalue weighted by Crippen LogP contribution is -2.41. The molecule has 0 N–H and O–H groups in total. The molecular weight excluding hydrogens is 360 g/mol. The minimum Gasteiger partial charge on any atom is -0.493 e. The van der Waals surface area contributed by atoms with Gasteiger partial charge in [-0.3, -0.25) is 19.3 Å². The van der Waals surface area contributed by atoms with E-state index in [1.165, 1.54) is 4.90 Å². The zero-order valence-corrected chi connectivity index (χ0v) is 16.5. The summed E-state index contributed by atoms with van der Waals surface area (Å²) < 4.78 is 10.8. The van der Waals surface area contributed by atoms with Crippen molar-refractivity contribution < 1.29 is 23.9 Å². The van der Waals surface area contributed by atoms with E-state index in [4.69, 9.17) is 9.47 Å². The Labute approximate surface area is 164 Å². The van der Waals surface area contributed by atoms with Crippen LogP contribution in [0.3, 0.4) is 0 Å². The zero-order chi connectivity index (χ0) is 20.3. The predicted octanol–water partition coefficient (Wildman–Crippen LogP) is 2.00. The van der Waals surface area contributed by atoms with Crippen LogP contribution >= 0.6 is 0 Å². The Kier molecular flexibility index (Phi) is 6.02. The Morgan fingerprint density at radius 1 is 1.14 bits per heavy atom. The lowest BCUT2D eigenvalue weighted by atomic mass is 9.85. The third-order valence-electron chi connectivity index (χ3n) is 5.27. The molecule has 0 bridgehead atoms. The summed E-state index contributed by atoms with van der Waals surface area (Å²) in [4.78, 5) is 40.3. The van der Waals surface area contributed by atoms with Crippen LogP contribution in [-0.4, -0.2) is 54.8 Å². The minimum atomic E-state index is -0.314. The molecule has 2 atom stereocenters. The van der Waals surface area contributed by atoms with Gasteiger partial charge in [-0.2, -0.15) is 0 Å². The van der Waals surface area contributed by atoms with Gasteiger partial charge in [-0.05, 0) is 37.5 Å². The number of fused-ring (bicyclic) bond motifs is 1. The number of allylic oxidation sites excluding steroid dienone is 2. The van der Waals surface area contributed by atoms with E-state index in [1.54, 1.807) is 20.2 Å². The van der Waals surface area contributed by atoms with Crippen molar-refractivity contribution in [2.75, 3.05) is 27.3 Å². The van der Waals surface area contributed by atoms with Crippen LogP contribution < -0.4 is 9.47 Å². The largest absolute Gasteiger partial charge is 0.493 e. The molecule has 1 aliphatic heterocycles. The monoisotopic (exact) mass is 386 g/mol. The van der Waals surface area contributed by atoms with Crippen molar-refractivity contribution >= 4 is 17.7 Å². The number of imide groups is 1. The van der Waals surface area contributed by atoms with Crippen molar-refractivity contribution in [2.45, 2.75) is 26.3 Å². The fourth-order valence-corrected chi connectivity index (χ4v) is 3.73. The van der Waals surface area contributed by atoms with E-state index in [0.29, 0.717) is 37.5 Å². The summed E-state index contributed by atoms with van der Waals surface area (Å²) in [7, 11) is 3.22. The fraction of sp³-hybridized carbons (Fsp3) is 0.476. The molecule has 3 rings (SSSR count). The summed E-state index contributed by atoms with van der Waals surface area (Å²) in [5, 5.41) is 0. The van der Waals surface area contributed by atoms with Crippen LogP contribution in [0.5, 0.6) is 11.5 Å². The predicted molar refractivity (Wildman–Crippen MR) is 103 cm³/mol. The lowest BCUT2D eigenvalue weighted by molar-refractivity contribution is -0.146. The summed E-state index contributed by atoms with van der Waals surface area (Å²) >= 11 is 0. The van der Waals surface area contributed by atoms with Crippen LogP contribution in [0.2, 0.25) is 0 Å². The molecule has 2 unspecified atom stereocenters. The number of hydrogen-bond acceptors (Lipinski definition) is 5. The van der Waals surface area contributed by atoms with Gasteiger partial charge >= 0.3 is 0 Å². The van der Waals surface area contributed by atoms with Gasteiger partial charge in [0.05, 0.1) is 25.6 Å². The molecule has 2 aliphatic rings. The van der Waals surface area contributed by atoms with Gasteiger partial charge in [-0.15, -0.1) is 0 Å². The maximum Gasteiger partial charge on any atom is 0.242 e. The summed E-state index contributed by atoms with van der Waals surface area (Å²) in [6, 6.07) is 5.49. The Bertz CT molecular complexity index is 778. The highest BCUT2D eigenvalue weighted by Gasteiger charge is 2.47. The van der Waals surface area contributed by atoms with Crippen molar-refractivity contribution in [3.05, 3.63) is 35.9 Å². The second-order valence-electron chi connectivity index (χ2n) is 7.09. The van der Waals surface area contributed by atoms with Crippen molar-refractivity contribution in [1.82, 2.24) is 9.80 Å². The molecule has 1 aliphatic carbocycles. The van der Waals surface area contributed by atoms with Crippen LogP contribution in [-0.2, 0) is 20.9 Å². The average Bonchev–Trinajstić information content (AvgIpc) is 2.94. The van der Waals surface area contributed by atoms with Gasteiger partial charge in [0.1, 0.15) is 6.54 Å². The maximum atomic E-state index is 12.6. The van der Waals surface area contributed by atoms with E-state index in [-0.39, 0.29) is 36.1 Å². The number of carbonyl (C=O) groups is 3. The van der Waals surface area contributed by atoms with Gasteiger partial charge in [-0.25, -0.2) is 0 Å². The molecule has 1 fully saturated rings. The topological polar surface area (TPSA) is 76.2 Å². The normalized spacial score (nSPS) is 20.9. The molecule has 0 aromatic heterocycles. The van der Waals surface area contributed by atoms with Crippen LogP contribution in [0.4, 0.5) is 0 Å². The first-order valence-electron chi connectivity index (χ1n) is 9.50. The second-order valence-corrected chi connectivity index (χ2v) is 7.09. The molecule has 0 radical (unpaired) electrons. The average molecular weight is 386 g/mol. The third kappa shape index (κ3) is 3.88. The number of likely N-dealkylation sites (N-methyl/N-ethyl adjacent to an activating group) is 1. The van der Waals surface area contributed by atoms with E-state index in [1.807, 2.05) is 31.2 Å². The quantitative estimate of drug-likeness (QED) is 0.529. The molecule has 28 heavy (non-hydrogen) atoms. The van der Waals surface area contributed by atoms with Gasteiger partial charge in [0.15, 0.2) is 11.5 Å². The standard InChI is InChI=1S/C21H26N2O5/c1-4-28-17-10-9-14(11-18(17)27-3)12-22(2)19(24)13-23-20(25)15-7-5-6-8-16(15)21(23)26/h5-6,9-11,15-16H,4,7-8,12-13H2,1-3H3.